The van der Waals surface area contributed by atoms with Gasteiger partial charge in [0.15, 0.2) is 0 Å². The Kier molecular flexibility index (Phi) is 5.05. The Balaban J connectivity index is 2.82. The molecule has 1 atom stereocenters. The van der Waals surface area contributed by atoms with Gasteiger partial charge in [0.05, 0.1) is 5.56 Å². The number of hydrogen-bond donors (Lipinski definition) is 2. The Bertz CT molecular complexity index is 451. The van der Waals surface area contributed by atoms with Gasteiger partial charge in [-0.05, 0) is 40.5 Å². The van der Waals surface area contributed by atoms with E-state index in [0.29, 0.717) is 17.7 Å². The third-order valence-electron chi connectivity index (χ3n) is 2.43. The van der Waals surface area contributed by atoms with E-state index in [1.54, 1.807) is 18.2 Å². The van der Waals surface area contributed by atoms with Crippen molar-refractivity contribution < 1.29 is 4.79 Å². The van der Waals surface area contributed by atoms with E-state index in [4.69, 9.17) is 12.2 Å². The van der Waals surface area contributed by atoms with Crippen molar-refractivity contribution in [2.45, 2.75) is 25.8 Å². The van der Waals surface area contributed by atoms with E-state index in [-0.39, 0.29) is 11.9 Å². The van der Waals surface area contributed by atoms with Crippen molar-refractivity contribution in [1.29, 1.82) is 0 Å². The number of nitrogens with two attached hydrogens (primary N) is 1. The summed E-state index contributed by atoms with van der Waals surface area (Å²) in [5.41, 5.74) is 6.74. The summed E-state index contributed by atoms with van der Waals surface area (Å²) in [5, 5.41) is 2.88. The van der Waals surface area contributed by atoms with Crippen LogP contribution in [0.1, 0.15) is 30.1 Å². The summed E-state index contributed by atoms with van der Waals surface area (Å²) < 4.78 is 0.722. The molecule has 1 amide bonds. The molecule has 90 valence electrons. The van der Waals surface area contributed by atoms with Crippen molar-refractivity contribution in [3.05, 3.63) is 28.2 Å². The maximum Gasteiger partial charge on any atom is 0.252 e. The number of rotatable bonds is 4. The summed E-state index contributed by atoms with van der Waals surface area (Å²) in [6.07, 6.45) is 6.57. The Hall–Kier alpha value is -1.47. The molecule has 0 saturated heterocycles. The summed E-state index contributed by atoms with van der Waals surface area (Å²) in [6.45, 7) is 1.98. The molecule has 17 heavy (non-hydrogen) atoms. The molecule has 0 aliphatic heterocycles. The number of benzene rings is 1. The normalized spacial score (nSPS) is 11.6. The van der Waals surface area contributed by atoms with E-state index >= 15 is 0 Å². The van der Waals surface area contributed by atoms with Gasteiger partial charge in [0, 0.05) is 22.6 Å². The molecule has 4 heteroatoms. The Labute approximate surface area is 110 Å². The van der Waals surface area contributed by atoms with Crippen molar-refractivity contribution in [2.24, 2.45) is 0 Å². The summed E-state index contributed by atoms with van der Waals surface area (Å²) in [6, 6.07) is 5.13. The molecule has 1 aromatic rings. The predicted molar refractivity (Wildman–Crippen MR) is 73.5 cm³/mol. The number of amides is 1. The maximum absolute atomic E-state index is 12.0. The molecule has 0 aliphatic carbocycles. The largest absolute Gasteiger partial charge is 0.399 e. The lowest BCUT2D eigenvalue weighted by molar-refractivity contribution is 0.0936. The van der Waals surface area contributed by atoms with Gasteiger partial charge in [-0.15, -0.1) is 12.3 Å². The fourth-order valence-corrected chi connectivity index (χ4v) is 1.85. The smallest absolute Gasteiger partial charge is 0.252 e. The number of nitrogens with one attached hydrogen (secondary N) is 1. The molecule has 0 heterocycles. The van der Waals surface area contributed by atoms with Gasteiger partial charge in [-0.2, -0.15) is 0 Å². The Morgan fingerprint density at radius 2 is 2.35 bits per heavy atom. The third-order valence-corrected chi connectivity index (χ3v) is 3.12. The second-order valence-electron chi connectivity index (χ2n) is 3.73. The molecule has 0 aromatic heterocycles. The standard InChI is InChI=1S/C13H15BrN2O/c1-3-5-10(4-2)16-13(17)11-8-9(15)6-7-12(11)14/h1,6-8,10H,4-5,15H2,2H3,(H,16,17). The molecule has 3 N–H and O–H groups in total. The zero-order chi connectivity index (χ0) is 12.8. The topological polar surface area (TPSA) is 55.1 Å². The first-order chi connectivity index (χ1) is 8.08. The fraction of sp³-hybridized carbons (Fsp3) is 0.308. The van der Waals surface area contributed by atoms with Gasteiger partial charge in [-0.25, -0.2) is 0 Å². The first kappa shape index (κ1) is 13.6. The molecule has 0 bridgehead atoms. The van der Waals surface area contributed by atoms with Crippen LogP contribution in [0.4, 0.5) is 5.69 Å². The predicted octanol–water partition coefficient (Wildman–Crippen LogP) is 2.56. The molecule has 0 fully saturated rings. The number of nitrogen functional groups attached to an aromatic ring is 1. The average Bonchev–Trinajstić information content (AvgIpc) is 2.31. The molecule has 0 spiro atoms. The minimum absolute atomic E-state index is 0.000769. The zero-order valence-electron chi connectivity index (χ0n) is 9.66. The maximum atomic E-state index is 12.0. The van der Waals surface area contributed by atoms with E-state index in [1.807, 2.05) is 6.92 Å². The Morgan fingerprint density at radius 1 is 1.65 bits per heavy atom. The number of halogens is 1. The molecule has 0 aliphatic rings. The van der Waals surface area contributed by atoms with Crippen LogP contribution in [0.15, 0.2) is 22.7 Å². The summed E-state index contributed by atoms with van der Waals surface area (Å²) >= 11 is 3.33. The summed E-state index contributed by atoms with van der Waals surface area (Å²) in [4.78, 5) is 12.0. The number of carbonyl (C=O) groups excluding carboxylic acids is 1. The van der Waals surface area contributed by atoms with E-state index in [9.17, 15) is 4.79 Å². The van der Waals surface area contributed by atoms with Gasteiger partial charge < -0.3 is 11.1 Å². The van der Waals surface area contributed by atoms with Crippen LogP contribution in [-0.2, 0) is 0 Å². The number of carbonyl (C=O) groups is 1. The zero-order valence-corrected chi connectivity index (χ0v) is 11.3. The second-order valence-corrected chi connectivity index (χ2v) is 4.58. The lowest BCUT2D eigenvalue weighted by Gasteiger charge is -2.15. The highest BCUT2D eigenvalue weighted by molar-refractivity contribution is 9.10. The molecular weight excluding hydrogens is 280 g/mol. The van der Waals surface area contributed by atoms with Crippen LogP contribution in [0.5, 0.6) is 0 Å². The minimum atomic E-state index is -0.161. The van der Waals surface area contributed by atoms with E-state index in [1.165, 1.54) is 0 Å². The number of terminal acetylenes is 1. The van der Waals surface area contributed by atoms with Gasteiger partial charge in [0.2, 0.25) is 0 Å². The molecule has 3 nitrogen and oxygen atoms in total. The van der Waals surface area contributed by atoms with Crippen molar-refractivity contribution >= 4 is 27.5 Å². The van der Waals surface area contributed by atoms with Crippen LogP contribution in [-0.4, -0.2) is 11.9 Å². The molecular formula is C13H15BrN2O. The summed E-state index contributed by atoms with van der Waals surface area (Å²) in [5.74, 6) is 2.39. The van der Waals surface area contributed by atoms with Crippen LogP contribution >= 0.6 is 15.9 Å². The number of hydrogen-bond acceptors (Lipinski definition) is 2. The first-order valence-corrected chi connectivity index (χ1v) is 6.17. The van der Waals surface area contributed by atoms with Gasteiger partial charge in [0.1, 0.15) is 0 Å². The van der Waals surface area contributed by atoms with Crippen LogP contribution < -0.4 is 11.1 Å². The van der Waals surface area contributed by atoms with E-state index in [0.717, 1.165) is 10.9 Å². The minimum Gasteiger partial charge on any atom is -0.399 e. The lowest BCUT2D eigenvalue weighted by Crippen LogP contribution is -2.34. The van der Waals surface area contributed by atoms with Crippen molar-refractivity contribution in [3.8, 4) is 12.3 Å². The van der Waals surface area contributed by atoms with Crippen LogP contribution in [0.3, 0.4) is 0 Å². The average molecular weight is 295 g/mol. The van der Waals surface area contributed by atoms with Gasteiger partial charge in [-0.1, -0.05) is 6.92 Å². The van der Waals surface area contributed by atoms with Crippen LogP contribution in [0.25, 0.3) is 0 Å². The Morgan fingerprint density at radius 3 is 2.94 bits per heavy atom. The molecule has 1 unspecified atom stereocenters. The van der Waals surface area contributed by atoms with E-state index < -0.39 is 0 Å². The van der Waals surface area contributed by atoms with Crippen LogP contribution in [0.2, 0.25) is 0 Å². The first-order valence-electron chi connectivity index (χ1n) is 5.37. The highest BCUT2D eigenvalue weighted by Crippen LogP contribution is 2.19. The third kappa shape index (κ3) is 3.79. The number of anilines is 1. The molecule has 1 rings (SSSR count). The molecule has 0 saturated carbocycles. The van der Waals surface area contributed by atoms with Crippen molar-refractivity contribution in [2.75, 3.05) is 5.73 Å². The fourth-order valence-electron chi connectivity index (χ4n) is 1.42. The quantitative estimate of drug-likeness (QED) is 0.662. The second kappa shape index (κ2) is 6.31. The van der Waals surface area contributed by atoms with Crippen molar-refractivity contribution in [1.82, 2.24) is 5.32 Å². The van der Waals surface area contributed by atoms with Gasteiger partial charge >= 0.3 is 0 Å². The van der Waals surface area contributed by atoms with E-state index in [2.05, 4.69) is 27.2 Å². The highest BCUT2D eigenvalue weighted by Gasteiger charge is 2.14. The highest BCUT2D eigenvalue weighted by atomic mass is 79.9. The monoisotopic (exact) mass is 294 g/mol. The van der Waals surface area contributed by atoms with Gasteiger partial charge in [-0.3, -0.25) is 4.79 Å². The lowest BCUT2D eigenvalue weighted by atomic mass is 10.1. The SMILES string of the molecule is C#CCC(CC)NC(=O)c1cc(N)ccc1Br. The molecule has 0 radical (unpaired) electrons. The molecule has 1 aromatic carbocycles. The summed E-state index contributed by atoms with van der Waals surface area (Å²) in [7, 11) is 0. The van der Waals surface area contributed by atoms with Gasteiger partial charge in [0.25, 0.3) is 5.91 Å². The van der Waals surface area contributed by atoms with Crippen molar-refractivity contribution in [3.63, 3.8) is 0 Å². The van der Waals surface area contributed by atoms with Crippen LogP contribution in [0, 0.1) is 12.3 Å².